The number of aromatic amines is 1. The molecule has 17 nitrogen and oxygen atoms in total. The van der Waals surface area contributed by atoms with Gasteiger partial charge in [0, 0.05) is 12.3 Å². The molecule has 1 aromatic heterocycles. The van der Waals surface area contributed by atoms with E-state index in [9.17, 15) is 38.4 Å². The molecule has 1 aliphatic heterocycles. The normalized spacial score (nSPS) is 31.8. The van der Waals surface area contributed by atoms with E-state index in [0.29, 0.717) is 4.57 Å². The Labute approximate surface area is 182 Å². The first-order valence-corrected chi connectivity index (χ1v) is 13.2. The molecule has 0 bridgehead atoms. The molecule has 7 N–H and O–H groups in total. The van der Waals surface area contributed by atoms with Gasteiger partial charge in [-0.05, 0) is 6.42 Å². The molecule has 33 heavy (non-hydrogen) atoms. The minimum Gasteiger partial charge on any atom is -0.384 e. The number of phosphoric acid groups is 3. The lowest BCUT2D eigenvalue weighted by Gasteiger charge is -2.31. The van der Waals surface area contributed by atoms with Crippen LogP contribution in [0.25, 0.3) is 0 Å². The van der Waals surface area contributed by atoms with Gasteiger partial charge in [0.1, 0.15) is 18.3 Å². The molecule has 0 saturated carbocycles. The number of H-pyrrole nitrogens is 1. The number of hydrogen-bond acceptors (Lipinski definition) is 11. The lowest BCUT2D eigenvalue weighted by atomic mass is 9.88. The fraction of sp³-hybridized carbons (Fsp3) is 0.667. The molecule has 0 radical (unpaired) electrons. The Morgan fingerprint density at radius 2 is 1.79 bits per heavy atom. The predicted octanol–water partition coefficient (Wildman–Crippen LogP) is -1.03. The van der Waals surface area contributed by atoms with E-state index in [1.807, 2.05) is 4.98 Å². The van der Waals surface area contributed by atoms with Crippen LogP contribution in [0.1, 0.15) is 26.0 Å². The maximum absolute atomic E-state index is 15.4. The summed E-state index contributed by atoms with van der Waals surface area (Å²) in [5, 5.41) is 21.3. The predicted molar refractivity (Wildman–Crippen MR) is 101 cm³/mol. The van der Waals surface area contributed by atoms with Gasteiger partial charge in [-0.3, -0.25) is 18.9 Å². The smallest absolute Gasteiger partial charge is 0.384 e. The third-order valence-electron chi connectivity index (χ3n) is 4.21. The van der Waals surface area contributed by atoms with Gasteiger partial charge in [-0.1, -0.05) is 13.3 Å². The average Bonchev–Trinajstić information content (AvgIpc) is 2.80. The molecule has 2 unspecified atom stereocenters. The number of nitrogens with one attached hydrogen (secondary N) is 1. The van der Waals surface area contributed by atoms with Gasteiger partial charge < -0.3 is 34.5 Å². The fourth-order valence-corrected chi connectivity index (χ4v) is 6.05. The van der Waals surface area contributed by atoms with Gasteiger partial charge >= 0.3 is 29.2 Å². The van der Waals surface area contributed by atoms with Crippen LogP contribution < -0.4 is 11.2 Å². The first kappa shape index (κ1) is 28.1. The second-order valence-corrected chi connectivity index (χ2v) is 11.2. The van der Waals surface area contributed by atoms with Crippen LogP contribution in [-0.2, 0) is 31.6 Å². The second kappa shape index (κ2) is 9.51. The summed E-state index contributed by atoms with van der Waals surface area (Å²) in [4.78, 5) is 60.7. The molecule has 2 heterocycles. The lowest BCUT2D eigenvalue weighted by Crippen LogP contribution is -2.51. The molecule has 1 aliphatic rings. The van der Waals surface area contributed by atoms with Crippen molar-refractivity contribution in [1.82, 2.24) is 9.55 Å². The molecule has 1 saturated heterocycles. The van der Waals surface area contributed by atoms with Crippen molar-refractivity contribution in [3.8, 4) is 0 Å². The first-order valence-electron chi connectivity index (χ1n) is 8.71. The summed E-state index contributed by atoms with van der Waals surface area (Å²) in [6.45, 7) is -0.236. The number of aliphatic hydroxyl groups is 2. The zero-order chi connectivity index (χ0) is 25.5. The highest BCUT2D eigenvalue weighted by atomic mass is 31.3. The molecule has 0 spiro atoms. The maximum atomic E-state index is 15.4. The van der Waals surface area contributed by atoms with Crippen LogP contribution in [0.4, 0.5) is 4.39 Å². The van der Waals surface area contributed by atoms with Gasteiger partial charge in [-0.15, -0.1) is 0 Å². The highest BCUT2D eigenvalue weighted by Crippen LogP contribution is 2.66. The summed E-state index contributed by atoms with van der Waals surface area (Å²) < 4.78 is 65.7. The minimum atomic E-state index is -5.90. The van der Waals surface area contributed by atoms with E-state index in [0.717, 1.165) is 12.3 Å². The van der Waals surface area contributed by atoms with Crippen LogP contribution in [0.5, 0.6) is 0 Å². The van der Waals surface area contributed by atoms with E-state index in [-0.39, 0.29) is 12.8 Å². The average molecular weight is 544 g/mol. The Bertz CT molecular complexity index is 1130. The van der Waals surface area contributed by atoms with Crippen molar-refractivity contribution < 1.29 is 65.8 Å². The third kappa shape index (κ3) is 6.74. The Hall–Kier alpha value is -1.10. The summed E-state index contributed by atoms with van der Waals surface area (Å²) in [5.41, 5.74) is -4.54. The zero-order valence-corrected chi connectivity index (χ0v) is 19.1. The summed E-state index contributed by atoms with van der Waals surface area (Å²) in [7, 11) is -17.4. The number of aliphatic hydroxyl groups excluding tert-OH is 1. The van der Waals surface area contributed by atoms with E-state index in [1.165, 1.54) is 6.92 Å². The molecule has 21 heteroatoms. The van der Waals surface area contributed by atoms with Crippen molar-refractivity contribution in [3.05, 3.63) is 33.1 Å². The number of hydrogen-bond donors (Lipinski definition) is 7. The van der Waals surface area contributed by atoms with Crippen LogP contribution in [0, 0.1) is 0 Å². The Morgan fingerprint density at radius 3 is 2.30 bits per heavy atom. The molecular weight excluding hydrogens is 524 g/mol. The van der Waals surface area contributed by atoms with Crippen molar-refractivity contribution in [2.75, 3.05) is 6.61 Å². The minimum absolute atomic E-state index is 0.109. The summed E-state index contributed by atoms with van der Waals surface area (Å²) in [6, 6.07) is 0.827. The highest BCUT2D eigenvalue weighted by Gasteiger charge is 2.65. The number of ether oxygens (including phenoxy) is 1. The van der Waals surface area contributed by atoms with Crippen molar-refractivity contribution in [1.29, 1.82) is 0 Å². The molecule has 190 valence electrons. The van der Waals surface area contributed by atoms with E-state index in [1.54, 1.807) is 0 Å². The molecular formula is C12H20FN2O15P3. The number of aromatic nitrogens is 2. The molecule has 1 fully saturated rings. The van der Waals surface area contributed by atoms with Gasteiger partial charge in [0.2, 0.25) is 0 Å². The SMILES string of the molecule is CCC[C@]1(O)[C@H](n2ccc(=O)[nH]c2=O)O[C@](F)(COP(=O)(O)OP(=O)(O)OP(=O)(O)O)[C@H]1O. The third-order valence-corrected chi connectivity index (χ3v) is 7.99. The number of alkyl halides is 1. The Balaban J connectivity index is 2.30. The Kier molecular flexibility index (Phi) is 8.11. The van der Waals surface area contributed by atoms with E-state index in [2.05, 4.69) is 13.1 Å². The second-order valence-electron chi connectivity index (χ2n) is 6.78. The fourth-order valence-electron chi connectivity index (χ4n) is 3.02. The van der Waals surface area contributed by atoms with E-state index in [4.69, 9.17) is 19.4 Å². The van der Waals surface area contributed by atoms with Crippen molar-refractivity contribution in [2.45, 2.75) is 43.6 Å². The maximum Gasteiger partial charge on any atom is 0.490 e. The van der Waals surface area contributed by atoms with Gasteiger partial charge in [0.15, 0.2) is 6.23 Å². The standard InChI is InChI=1S/C12H20FN2O15P3/c1-2-4-11(19)8(17)12(13,28-9(11)15-5-3-7(16)14-10(15)18)6-27-32(23,24)30-33(25,26)29-31(20,21)22/h3,5,8-9,17,19H,2,4,6H2,1H3,(H,23,24)(H,25,26)(H,14,16,18)(H2,20,21,22)/t8-,9+,11+,12+/m0/s1. The van der Waals surface area contributed by atoms with Crippen LogP contribution in [0.2, 0.25) is 0 Å². The largest absolute Gasteiger partial charge is 0.490 e. The molecule has 0 aromatic carbocycles. The van der Waals surface area contributed by atoms with Crippen LogP contribution >= 0.6 is 23.5 Å². The van der Waals surface area contributed by atoms with Gasteiger partial charge in [-0.2, -0.15) is 8.62 Å². The van der Waals surface area contributed by atoms with E-state index >= 15 is 4.39 Å². The monoisotopic (exact) mass is 544 g/mol. The molecule has 0 aliphatic carbocycles. The van der Waals surface area contributed by atoms with Crippen molar-refractivity contribution in [2.24, 2.45) is 0 Å². The van der Waals surface area contributed by atoms with Crippen molar-refractivity contribution >= 4 is 23.5 Å². The number of phosphoric ester groups is 1. The van der Waals surface area contributed by atoms with E-state index < -0.39 is 65.1 Å². The number of halogens is 1. The molecule has 0 amide bonds. The summed E-state index contributed by atoms with van der Waals surface area (Å²) in [5.74, 6) is -3.53. The summed E-state index contributed by atoms with van der Waals surface area (Å²) >= 11 is 0. The topological polar surface area (TPSA) is 264 Å². The van der Waals surface area contributed by atoms with Gasteiger partial charge in [0.05, 0.1) is 0 Å². The van der Waals surface area contributed by atoms with Crippen LogP contribution in [-0.4, -0.2) is 63.5 Å². The Morgan fingerprint density at radius 1 is 1.18 bits per heavy atom. The van der Waals surface area contributed by atoms with Gasteiger partial charge in [0.25, 0.3) is 11.4 Å². The molecule has 1 aromatic rings. The highest BCUT2D eigenvalue weighted by molar-refractivity contribution is 7.66. The first-order chi connectivity index (χ1) is 14.8. The quantitative estimate of drug-likeness (QED) is 0.174. The lowest BCUT2D eigenvalue weighted by molar-refractivity contribution is -0.205. The van der Waals surface area contributed by atoms with Crippen LogP contribution in [0.3, 0.4) is 0 Å². The molecule has 6 atom stereocenters. The van der Waals surface area contributed by atoms with Gasteiger partial charge in [-0.25, -0.2) is 22.9 Å². The van der Waals surface area contributed by atoms with Crippen molar-refractivity contribution in [3.63, 3.8) is 0 Å². The number of rotatable bonds is 10. The molecule has 2 rings (SSSR count). The zero-order valence-electron chi connectivity index (χ0n) is 16.5. The number of nitrogens with zero attached hydrogens (tertiary/aromatic N) is 1. The van der Waals surface area contributed by atoms with Crippen LogP contribution in [0.15, 0.2) is 21.9 Å². The summed E-state index contributed by atoms with van der Waals surface area (Å²) in [6.07, 6.45) is -3.97.